The molecular formula is C7H3Br2ClO. The lowest BCUT2D eigenvalue weighted by Crippen LogP contribution is -1.81. The highest BCUT2D eigenvalue weighted by Crippen LogP contribution is 2.31. The van der Waals surface area contributed by atoms with Gasteiger partial charge in [0.2, 0.25) is 0 Å². The maximum Gasteiger partial charge on any atom is 0.150 e. The Balaban J connectivity index is 3.31. The van der Waals surface area contributed by atoms with Crippen LogP contribution in [0.15, 0.2) is 21.1 Å². The van der Waals surface area contributed by atoms with Crippen LogP contribution in [0.25, 0.3) is 0 Å². The number of aldehydes is 1. The molecule has 1 aromatic carbocycles. The quantitative estimate of drug-likeness (QED) is 0.571. The number of benzene rings is 1. The van der Waals surface area contributed by atoms with Crippen LogP contribution in [-0.4, -0.2) is 6.29 Å². The lowest BCUT2D eigenvalue weighted by Gasteiger charge is -1.99. The van der Waals surface area contributed by atoms with Crippen molar-refractivity contribution in [2.75, 3.05) is 0 Å². The molecule has 58 valence electrons. The maximum atomic E-state index is 10.3. The average molecular weight is 298 g/mol. The van der Waals surface area contributed by atoms with E-state index in [0.717, 1.165) is 15.2 Å². The third kappa shape index (κ3) is 2.04. The zero-order valence-electron chi connectivity index (χ0n) is 5.27. The minimum atomic E-state index is 0.529. The van der Waals surface area contributed by atoms with Gasteiger partial charge >= 0.3 is 0 Å². The highest BCUT2D eigenvalue weighted by Gasteiger charge is 2.03. The second kappa shape index (κ2) is 3.70. The number of hydrogen-bond acceptors (Lipinski definition) is 1. The Morgan fingerprint density at radius 3 is 2.45 bits per heavy atom. The summed E-state index contributed by atoms with van der Waals surface area (Å²) in [5.41, 5.74) is 0.560. The molecule has 0 bridgehead atoms. The maximum absolute atomic E-state index is 10.3. The summed E-state index contributed by atoms with van der Waals surface area (Å²) < 4.78 is 1.55. The molecule has 0 N–H and O–H groups in total. The topological polar surface area (TPSA) is 17.1 Å². The van der Waals surface area contributed by atoms with Crippen LogP contribution in [0.2, 0.25) is 5.02 Å². The number of carbonyl (C=O) groups is 1. The van der Waals surface area contributed by atoms with Gasteiger partial charge in [0.15, 0.2) is 0 Å². The number of carbonyl (C=O) groups excluding carboxylic acids is 1. The van der Waals surface area contributed by atoms with Gasteiger partial charge in [-0.25, -0.2) is 0 Å². The van der Waals surface area contributed by atoms with Gasteiger partial charge in [-0.15, -0.1) is 0 Å². The Morgan fingerprint density at radius 2 is 2.00 bits per heavy atom. The van der Waals surface area contributed by atoms with Crippen molar-refractivity contribution in [3.63, 3.8) is 0 Å². The minimum Gasteiger partial charge on any atom is -0.298 e. The summed E-state index contributed by atoms with van der Waals surface area (Å²) in [5.74, 6) is 0. The predicted octanol–water partition coefficient (Wildman–Crippen LogP) is 3.68. The Labute approximate surface area is 86.0 Å². The molecule has 0 aliphatic rings. The van der Waals surface area contributed by atoms with E-state index in [1.807, 2.05) is 0 Å². The van der Waals surface area contributed by atoms with Crippen molar-refractivity contribution in [2.45, 2.75) is 0 Å². The number of rotatable bonds is 1. The molecule has 4 heteroatoms. The molecule has 0 aliphatic heterocycles. The fraction of sp³-hybridized carbons (Fsp3) is 0. The first-order chi connectivity index (χ1) is 5.15. The Morgan fingerprint density at radius 1 is 1.36 bits per heavy atom. The summed E-state index contributed by atoms with van der Waals surface area (Å²) in [6.45, 7) is 0. The molecule has 0 fully saturated rings. The zero-order valence-corrected chi connectivity index (χ0v) is 9.20. The summed E-state index contributed by atoms with van der Waals surface area (Å²) in [5, 5.41) is 0.529. The smallest absolute Gasteiger partial charge is 0.150 e. The predicted molar refractivity (Wildman–Crippen MR) is 52.2 cm³/mol. The first-order valence-corrected chi connectivity index (χ1v) is 4.71. The number of hydrogen-bond donors (Lipinski definition) is 0. The lowest BCUT2D eigenvalue weighted by molar-refractivity contribution is 0.112. The molecular weight excluding hydrogens is 295 g/mol. The molecule has 0 aromatic heterocycles. The van der Waals surface area contributed by atoms with Gasteiger partial charge < -0.3 is 0 Å². The molecule has 0 saturated carbocycles. The van der Waals surface area contributed by atoms with Crippen LogP contribution in [0.1, 0.15) is 10.4 Å². The van der Waals surface area contributed by atoms with Crippen LogP contribution in [0, 0.1) is 0 Å². The van der Waals surface area contributed by atoms with Gasteiger partial charge in [0, 0.05) is 10.0 Å². The van der Waals surface area contributed by atoms with Crippen molar-refractivity contribution < 1.29 is 4.79 Å². The third-order valence-corrected chi connectivity index (χ3v) is 3.68. The number of halogens is 3. The second-order valence-electron chi connectivity index (χ2n) is 1.92. The van der Waals surface area contributed by atoms with E-state index in [-0.39, 0.29) is 0 Å². The molecule has 1 nitrogen and oxygen atoms in total. The first-order valence-electron chi connectivity index (χ1n) is 2.75. The standard InChI is InChI=1S/C7H3Br2ClO/c8-5-1-4(3-11)2-6(10)7(5)9/h1-3H. The van der Waals surface area contributed by atoms with E-state index in [0.29, 0.717) is 10.6 Å². The van der Waals surface area contributed by atoms with Crippen LogP contribution in [-0.2, 0) is 0 Å². The van der Waals surface area contributed by atoms with Gasteiger partial charge in [-0.2, -0.15) is 0 Å². The van der Waals surface area contributed by atoms with E-state index in [4.69, 9.17) is 11.6 Å². The zero-order chi connectivity index (χ0) is 8.43. The summed E-state index contributed by atoms with van der Waals surface area (Å²) in [6.07, 6.45) is 0.753. The monoisotopic (exact) mass is 296 g/mol. The lowest BCUT2D eigenvalue weighted by atomic mass is 10.2. The van der Waals surface area contributed by atoms with E-state index in [2.05, 4.69) is 31.9 Å². The molecule has 1 rings (SSSR count). The minimum absolute atomic E-state index is 0.529. The van der Waals surface area contributed by atoms with E-state index in [1.165, 1.54) is 0 Å². The van der Waals surface area contributed by atoms with E-state index >= 15 is 0 Å². The summed E-state index contributed by atoms with van der Waals surface area (Å²) in [7, 11) is 0. The largest absolute Gasteiger partial charge is 0.298 e. The highest BCUT2D eigenvalue weighted by molar-refractivity contribution is 9.13. The van der Waals surface area contributed by atoms with Gasteiger partial charge in [0.05, 0.1) is 9.50 Å². The van der Waals surface area contributed by atoms with Gasteiger partial charge in [0.25, 0.3) is 0 Å². The van der Waals surface area contributed by atoms with Crippen LogP contribution < -0.4 is 0 Å². The average Bonchev–Trinajstić information content (AvgIpc) is 1.99. The molecule has 0 radical (unpaired) electrons. The molecule has 0 unspecified atom stereocenters. The first kappa shape index (κ1) is 9.23. The van der Waals surface area contributed by atoms with Crippen LogP contribution in [0.3, 0.4) is 0 Å². The summed E-state index contributed by atoms with van der Waals surface area (Å²) >= 11 is 12.3. The van der Waals surface area contributed by atoms with Crippen molar-refractivity contribution in [3.8, 4) is 0 Å². The molecule has 0 saturated heterocycles. The van der Waals surface area contributed by atoms with Crippen molar-refractivity contribution >= 4 is 49.7 Å². The molecule has 0 amide bonds. The van der Waals surface area contributed by atoms with Crippen LogP contribution >= 0.6 is 43.5 Å². The molecule has 11 heavy (non-hydrogen) atoms. The summed E-state index contributed by atoms with van der Waals surface area (Å²) in [4.78, 5) is 10.3. The Bertz CT molecular complexity index is 275. The van der Waals surface area contributed by atoms with Crippen LogP contribution in [0.5, 0.6) is 0 Å². The molecule has 0 atom stereocenters. The SMILES string of the molecule is O=Cc1cc(Cl)c(Br)c(Br)c1. The Hall–Kier alpha value is 0.140. The van der Waals surface area contributed by atoms with Crippen molar-refractivity contribution in [1.29, 1.82) is 0 Å². The molecule has 0 spiro atoms. The Kier molecular flexibility index (Phi) is 3.10. The fourth-order valence-corrected chi connectivity index (χ4v) is 1.69. The normalized spacial score (nSPS) is 9.73. The van der Waals surface area contributed by atoms with Crippen molar-refractivity contribution in [2.24, 2.45) is 0 Å². The van der Waals surface area contributed by atoms with Crippen molar-refractivity contribution in [1.82, 2.24) is 0 Å². The highest BCUT2D eigenvalue weighted by atomic mass is 79.9. The molecule has 0 heterocycles. The third-order valence-electron chi connectivity index (χ3n) is 1.14. The van der Waals surface area contributed by atoms with Crippen LogP contribution in [0.4, 0.5) is 0 Å². The van der Waals surface area contributed by atoms with Gasteiger partial charge in [-0.1, -0.05) is 11.6 Å². The van der Waals surface area contributed by atoms with Gasteiger partial charge in [-0.05, 0) is 44.0 Å². The molecule has 0 aliphatic carbocycles. The second-order valence-corrected chi connectivity index (χ2v) is 3.97. The van der Waals surface area contributed by atoms with E-state index < -0.39 is 0 Å². The fourth-order valence-electron chi connectivity index (χ4n) is 0.643. The van der Waals surface area contributed by atoms with Gasteiger partial charge in [-0.3, -0.25) is 4.79 Å². The van der Waals surface area contributed by atoms with E-state index in [9.17, 15) is 4.79 Å². The van der Waals surface area contributed by atoms with Gasteiger partial charge in [0.1, 0.15) is 6.29 Å². The summed E-state index contributed by atoms with van der Waals surface area (Å²) in [6, 6.07) is 3.30. The van der Waals surface area contributed by atoms with Crippen molar-refractivity contribution in [3.05, 3.63) is 31.7 Å². The molecule has 1 aromatic rings. The van der Waals surface area contributed by atoms with E-state index in [1.54, 1.807) is 12.1 Å².